The number of nitrogens with one attached hydrogen (secondary N) is 1. The molecule has 2 rings (SSSR count). The summed E-state index contributed by atoms with van der Waals surface area (Å²) in [6, 6.07) is 8.53. The lowest BCUT2D eigenvalue weighted by Crippen LogP contribution is -2.16. The summed E-state index contributed by atoms with van der Waals surface area (Å²) < 4.78 is 0. The minimum atomic E-state index is 0.903. The third-order valence-corrected chi connectivity index (χ3v) is 4.68. The number of nitrogens with zero attached hydrogens (tertiary/aromatic N) is 2. The van der Waals surface area contributed by atoms with Crippen LogP contribution in [0.4, 0.5) is 5.13 Å². The van der Waals surface area contributed by atoms with Gasteiger partial charge in [-0.1, -0.05) is 31.2 Å². The Bertz CT molecular complexity index is 563. The number of rotatable bonds is 6. The van der Waals surface area contributed by atoms with E-state index in [2.05, 4.69) is 62.3 Å². The second-order valence-corrected chi connectivity index (χ2v) is 6.13. The van der Waals surface area contributed by atoms with Crippen LogP contribution in [0, 0.1) is 13.8 Å². The van der Waals surface area contributed by atoms with Gasteiger partial charge < -0.3 is 10.2 Å². The predicted octanol–water partition coefficient (Wildman–Crippen LogP) is 3.51. The van der Waals surface area contributed by atoms with Crippen LogP contribution in [0.3, 0.4) is 0 Å². The molecule has 0 radical (unpaired) electrons. The molecule has 1 N–H and O–H groups in total. The van der Waals surface area contributed by atoms with Gasteiger partial charge >= 0.3 is 0 Å². The highest BCUT2D eigenvalue weighted by Gasteiger charge is 2.11. The zero-order valence-corrected chi connectivity index (χ0v) is 13.5. The van der Waals surface area contributed by atoms with E-state index in [0.29, 0.717) is 0 Å². The summed E-state index contributed by atoms with van der Waals surface area (Å²) in [4.78, 5) is 8.26. The summed E-state index contributed by atoms with van der Waals surface area (Å²) in [5.74, 6) is 0. The van der Waals surface area contributed by atoms with Crippen molar-refractivity contribution < 1.29 is 0 Å². The lowest BCUT2D eigenvalue weighted by atomic mass is 10.1. The molecule has 0 spiro atoms. The summed E-state index contributed by atoms with van der Waals surface area (Å²) in [6.45, 7) is 9.19. The van der Waals surface area contributed by atoms with E-state index in [9.17, 15) is 0 Å². The molecule has 0 aliphatic heterocycles. The fourth-order valence-corrected chi connectivity index (χ4v) is 3.08. The molecule has 0 unspecified atom stereocenters. The zero-order valence-electron chi connectivity index (χ0n) is 12.7. The van der Waals surface area contributed by atoms with Crippen molar-refractivity contribution in [3.63, 3.8) is 0 Å². The van der Waals surface area contributed by atoms with E-state index in [0.717, 1.165) is 30.5 Å². The van der Waals surface area contributed by atoms with Crippen molar-refractivity contribution >= 4 is 16.5 Å². The van der Waals surface area contributed by atoms with Gasteiger partial charge in [0.25, 0.3) is 0 Å². The van der Waals surface area contributed by atoms with Gasteiger partial charge in [-0.05, 0) is 31.5 Å². The van der Waals surface area contributed by atoms with Crippen LogP contribution in [0.15, 0.2) is 24.3 Å². The zero-order chi connectivity index (χ0) is 14.5. The van der Waals surface area contributed by atoms with Gasteiger partial charge in [0.1, 0.15) is 0 Å². The maximum Gasteiger partial charge on any atom is 0.185 e. The monoisotopic (exact) mass is 289 g/mol. The summed E-state index contributed by atoms with van der Waals surface area (Å²) >= 11 is 1.78. The van der Waals surface area contributed by atoms with E-state index >= 15 is 0 Å². The molecular weight excluding hydrogens is 266 g/mol. The van der Waals surface area contributed by atoms with Crippen molar-refractivity contribution in [1.29, 1.82) is 0 Å². The van der Waals surface area contributed by atoms with Crippen LogP contribution < -0.4 is 10.2 Å². The Morgan fingerprint density at radius 3 is 2.70 bits per heavy atom. The Kier molecular flexibility index (Phi) is 5.15. The average molecular weight is 289 g/mol. The Morgan fingerprint density at radius 1 is 1.25 bits per heavy atom. The van der Waals surface area contributed by atoms with Crippen LogP contribution >= 0.6 is 11.3 Å². The largest absolute Gasteiger partial charge is 0.347 e. The summed E-state index contributed by atoms with van der Waals surface area (Å²) in [6.07, 6.45) is 0. The lowest BCUT2D eigenvalue weighted by Gasteiger charge is -2.17. The van der Waals surface area contributed by atoms with Crippen molar-refractivity contribution in [2.45, 2.75) is 33.9 Å². The van der Waals surface area contributed by atoms with Crippen LogP contribution in [0.25, 0.3) is 0 Å². The van der Waals surface area contributed by atoms with E-state index in [1.807, 2.05) is 0 Å². The minimum Gasteiger partial charge on any atom is -0.347 e. The number of hydrogen-bond acceptors (Lipinski definition) is 4. The first-order valence-electron chi connectivity index (χ1n) is 7.04. The van der Waals surface area contributed by atoms with Gasteiger partial charge in [0.05, 0.1) is 5.69 Å². The molecule has 0 bridgehead atoms. The first-order chi connectivity index (χ1) is 9.61. The molecule has 4 heteroatoms. The van der Waals surface area contributed by atoms with Crippen molar-refractivity contribution in [3.8, 4) is 0 Å². The van der Waals surface area contributed by atoms with Crippen molar-refractivity contribution in [3.05, 3.63) is 46.0 Å². The molecule has 0 saturated heterocycles. The normalized spacial score (nSPS) is 10.8. The first-order valence-corrected chi connectivity index (χ1v) is 7.86. The highest BCUT2D eigenvalue weighted by atomic mass is 32.1. The molecule has 0 fully saturated rings. The third-order valence-electron chi connectivity index (χ3n) is 3.41. The second-order valence-electron chi connectivity index (χ2n) is 5.07. The molecule has 1 aromatic carbocycles. The van der Waals surface area contributed by atoms with Gasteiger partial charge in [0.15, 0.2) is 5.13 Å². The number of aryl methyl sites for hydroxylation is 2. The number of aromatic nitrogens is 1. The van der Waals surface area contributed by atoms with Crippen molar-refractivity contribution in [1.82, 2.24) is 10.3 Å². The predicted molar refractivity (Wildman–Crippen MR) is 87.5 cm³/mol. The van der Waals surface area contributed by atoms with Crippen LogP contribution in [-0.4, -0.2) is 18.6 Å². The second kappa shape index (κ2) is 6.86. The SMILES string of the molecule is CCNCc1sc(N(C)Cc2ccccc2C)nc1C. The Morgan fingerprint density at radius 2 is 2.00 bits per heavy atom. The lowest BCUT2D eigenvalue weighted by molar-refractivity contribution is 0.731. The minimum absolute atomic E-state index is 0.903. The summed E-state index contributed by atoms with van der Waals surface area (Å²) in [7, 11) is 2.11. The molecule has 1 aromatic heterocycles. The molecule has 20 heavy (non-hydrogen) atoms. The molecule has 2 aromatic rings. The average Bonchev–Trinajstić information content (AvgIpc) is 2.80. The molecule has 0 aliphatic rings. The van der Waals surface area contributed by atoms with E-state index in [1.54, 1.807) is 11.3 Å². The number of anilines is 1. The van der Waals surface area contributed by atoms with E-state index in [1.165, 1.54) is 16.0 Å². The van der Waals surface area contributed by atoms with Gasteiger partial charge in [0, 0.05) is 25.0 Å². The first kappa shape index (κ1) is 15.0. The van der Waals surface area contributed by atoms with Gasteiger partial charge in [0.2, 0.25) is 0 Å². The quantitative estimate of drug-likeness (QED) is 0.882. The van der Waals surface area contributed by atoms with Gasteiger partial charge in [-0.2, -0.15) is 0 Å². The van der Waals surface area contributed by atoms with E-state index < -0.39 is 0 Å². The number of hydrogen-bond donors (Lipinski definition) is 1. The molecule has 0 aliphatic carbocycles. The maximum atomic E-state index is 4.69. The highest BCUT2D eigenvalue weighted by molar-refractivity contribution is 7.15. The maximum absolute atomic E-state index is 4.69. The molecular formula is C16H23N3S. The Hall–Kier alpha value is -1.39. The van der Waals surface area contributed by atoms with E-state index in [-0.39, 0.29) is 0 Å². The highest BCUT2D eigenvalue weighted by Crippen LogP contribution is 2.26. The Labute approximate surface area is 125 Å². The molecule has 0 saturated carbocycles. The summed E-state index contributed by atoms with van der Waals surface area (Å²) in [5, 5.41) is 4.46. The standard InChI is InChI=1S/C16H23N3S/c1-5-17-10-15-13(3)18-16(20-15)19(4)11-14-9-7-6-8-12(14)2/h6-9,17H,5,10-11H2,1-4H3. The fraction of sp³-hybridized carbons (Fsp3) is 0.438. The molecule has 0 atom stereocenters. The van der Waals surface area contributed by atoms with Crippen LogP contribution in [-0.2, 0) is 13.1 Å². The molecule has 108 valence electrons. The number of benzene rings is 1. The van der Waals surface area contributed by atoms with Crippen LogP contribution in [0.2, 0.25) is 0 Å². The summed E-state index contributed by atoms with van der Waals surface area (Å²) in [5.41, 5.74) is 3.83. The topological polar surface area (TPSA) is 28.2 Å². The smallest absolute Gasteiger partial charge is 0.185 e. The van der Waals surface area contributed by atoms with Gasteiger partial charge in [-0.3, -0.25) is 0 Å². The molecule has 3 nitrogen and oxygen atoms in total. The van der Waals surface area contributed by atoms with E-state index in [4.69, 9.17) is 4.98 Å². The van der Waals surface area contributed by atoms with Crippen molar-refractivity contribution in [2.75, 3.05) is 18.5 Å². The van der Waals surface area contributed by atoms with Crippen LogP contribution in [0.5, 0.6) is 0 Å². The molecule has 1 heterocycles. The number of thiazole rings is 1. The molecule has 0 amide bonds. The Balaban J connectivity index is 2.09. The van der Waals surface area contributed by atoms with Gasteiger partial charge in [-0.25, -0.2) is 4.98 Å². The third kappa shape index (κ3) is 3.58. The van der Waals surface area contributed by atoms with Crippen LogP contribution in [0.1, 0.15) is 28.6 Å². The van der Waals surface area contributed by atoms with Gasteiger partial charge in [-0.15, -0.1) is 11.3 Å². The fourth-order valence-electron chi connectivity index (χ4n) is 2.09. The van der Waals surface area contributed by atoms with Crippen molar-refractivity contribution in [2.24, 2.45) is 0 Å².